The van der Waals surface area contributed by atoms with E-state index >= 15 is 0 Å². The molecule has 0 aromatic heterocycles. The molecule has 0 aliphatic carbocycles. The Morgan fingerprint density at radius 3 is 1.90 bits per heavy atom. The first-order valence-electron chi connectivity index (χ1n) is 8.12. The van der Waals surface area contributed by atoms with Crippen LogP contribution in [0.5, 0.6) is 0 Å². The molecule has 2 fully saturated rings. The van der Waals surface area contributed by atoms with E-state index in [1.54, 1.807) is 0 Å². The Morgan fingerprint density at radius 2 is 1.45 bits per heavy atom. The van der Waals surface area contributed by atoms with Crippen molar-refractivity contribution in [3.63, 3.8) is 0 Å². The fraction of sp³-hybridized carbons (Fsp3) is 0.938. The minimum absolute atomic E-state index is 0.147. The van der Waals surface area contributed by atoms with Gasteiger partial charge in [0.15, 0.2) is 0 Å². The lowest BCUT2D eigenvalue weighted by atomic mass is 9.71. The maximum absolute atomic E-state index is 12.1. The first-order valence-corrected chi connectivity index (χ1v) is 8.96. The number of amides is 1. The summed E-state index contributed by atoms with van der Waals surface area (Å²) in [6.07, 6.45) is 5.06. The van der Waals surface area contributed by atoms with E-state index in [1.807, 2.05) is 25.8 Å². The molecule has 2 aliphatic rings. The smallest absolute Gasteiger partial charge is 0.225 e. The molecule has 2 aliphatic heterocycles. The summed E-state index contributed by atoms with van der Waals surface area (Å²) < 4.78 is 2.54. The third kappa shape index (κ3) is 3.91. The van der Waals surface area contributed by atoms with Crippen LogP contribution in [0.1, 0.15) is 53.4 Å². The molecule has 0 atom stereocenters. The van der Waals surface area contributed by atoms with Gasteiger partial charge in [-0.1, -0.05) is 39.6 Å². The number of carbonyl (C=O) groups excluding carboxylic acids is 1. The van der Waals surface area contributed by atoms with Crippen LogP contribution in [-0.4, -0.2) is 46.5 Å². The van der Waals surface area contributed by atoms with Gasteiger partial charge < -0.3 is 4.90 Å². The van der Waals surface area contributed by atoms with Gasteiger partial charge in [-0.15, -0.1) is 0 Å². The van der Waals surface area contributed by atoms with Gasteiger partial charge in [-0.3, -0.25) is 9.10 Å². The molecule has 0 N–H and O–H groups in total. The minimum atomic E-state index is 0.147. The molecule has 20 heavy (non-hydrogen) atoms. The fourth-order valence-corrected chi connectivity index (χ4v) is 4.42. The van der Waals surface area contributed by atoms with Crippen LogP contribution in [0.4, 0.5) is 0 Å². The van der Waals surface area contributed by atoms with E-state index in [2.05, 4.69) is 23.1 Å². The second kappa shape index (κ2) is 6.69. The molecule has 0 aromatic carbocycles. The molecule has 0 radical (unpaired) electrons. The molecule has 2 heterocycles. The highest BCUT2D eigenvalue weighted by Crippen LogP contribution is 2.42. The summed E-state index contributed by atoms with van der Waals surface area (Å²) in [5, 5.41) is 0.689. The molecule has 0 aromatic rings. The highest BCUT2D eigenvalue weighted by molar-refractivity contribution is 7.97. The fourth-order valence-electron chi connectivity index (χ4n) is 3.43. The summed E-state index contributed by atoms with van der Waals surface area (Å²) in [7, 11) is 0. The molecule has 2 rings (SSSR count). The highest BCUT2D eigenvalue weighted by atomic mass is 32.2. The van der Waals surface area contributed by atoms with Gasteiger partial charge in [-0.05, 0) is 31.1 Å². The molecule has 0 unspecified atom stereocenters. The predicted molar refractivity (Wildman–Crippen MR) is 86.6 cm³/mol. The van der Waals surface area contributed by atoms with Crippen molar-refractivity contribution >= 4 is 17.9 Å². The molecule has 3 nitrogen and oxygen atoms in total. The summed E-state index contributed by atoms with van der Waals surface area (Å²) in [4.78, 5) is 14.1. The van der Waals surface area contributed by atoms with Gasteiger partial charge in [0.1, 0.15) is 0 Å². The van der Waals surface area contributed by atoms with E-state index in [-0.39, 0.29) is 5.92 Å². The number of piperidine rings is 2. The first-order chi connectivity index (χ1) is 9.42. The van der Waals surface area contributed by atoms with E-state index in [0.717, 1.165) is 13.1 Å². The van der Waals surface area contributed by atoms with E-state index in [4.69, 9.17) is 0 Å². The lowest BCUT2D eigenvalue weighted by molar-refractivity contribution is -0.137. The quantitative estimate of drug-likeness (QED) is 0.746. The zero-order chi connectivity index (χ0) is 14.8. The lowest BCUT2D eigenvalue weighted by Crippen LogP contribution is -2.48. The Morgan fingerprint density at radius 1 is 0.950 bits per heavy atom. The second-order valence-electron chi connectivity index (χ2n) is 7.06. The van der Waals surface area contributed by atoms with Crippen LogP contribution in [-0.2, 0) is 4.79 Å². The Balaban J connectivity index is 1.81. The van der Waals surface area contributed by atoms with Gasteiger partial charge in [-0.2, -0.15) is 0 Å². The van der Waals surface area contributed by atoms with Gasteiger partial charge in [0.2, 0.25) is 5.91 Å². The zero-order valence-corrected chi connectivity index (χ0v) is 14.3. The number of hydrogen-bond acceptors (Lipinski definition) is 3. The van der Waals surface area contributed by atoms with Crippen molar-refractivity contribution in [2.24, 2.45) is 11.3 Å². The number of hydrogen-bond donors (Lipinski definition) is 0. The van der Waals surface area contributed by atoms with Crippen LogP contribution >= 0.6 is 11.9 Å². The van der Waals surface area contributed by atoms with Gasteiger partial charge >= 0.3 is 0 Å². The summed E-state index contributed by atoms with van der Waals surface area (Å²) in [6, 6.07) is 0. The molecule has 0 saturated carbocycles. The van der Waals surface area contributed by atoms with Gasteiger partial charge in [0.05, 0.1) is 0 Å². The van der Waals surface area contributed by atoms with Crippen LogP contribution in [0.3, 0.4) is 0 Å². The van der Waals surface area contributed by atoms with Crippen molar-refractivity contribution in [2.75, 3.05) is 26.2 Å². The maximum atomic E-state index is 12.1. The van der Waals surface area contributed by atoms with Gasteiger partial charge in [-0.25, -0.2) is 0 Å². The Labute approximate surface area is 128 Å². The van der Waals surface area contributed by atoms with Crippen LogP contribution in [0.25, 0.3) is 0 Å². The van der Waals surface area contributed by atoms with Crippen molar-refractivity contribution in [3.05, 3.63) is 0 Å². The van der Waals surface area contributed by atoms with Crippen molar-refractivity contribution in [3.8, 4) is 0 Å². The molecule has 4 heteroatoms. The third-order valence-corrected chi connectivity index (χ3v) is 5.86. The normalized spacial score (nSPS) is 23.8. The number of carbonyl (C=O) groups is 1. The monoisotopic (exact) mass is 298 g/mol. The first kappa shape index (κ1) is 16.2. The van der Waals surface area contributed by atoms with E-state index in [0.29, 0.717) is 16.6 Å². The summed E-state index contributed by atoms with van der Waals surface area (Å²) in [6.45, 7) is 13.0. The number of likely N-dealkylation sites (tertiary alicyclic amines) is 1. The molecule has 0 bridgehead atoms. The van der Waals surface area contributed by atoms with Crippen molar-refractivity contribution < 1.29 is 4.79 Å². The van der Waals surface area contributed by atoms with Gasteiger partial charge in [0.25, 0.3) is 0 Å². The van der Waals surface area contributed by atoms with Crippen molar-refractivity contribution in [2.45, 2.75) is 58.6 Å². The number of rotatable bonds is 3. The highest BCUT2D eigenvalue weighted by Gasteiger charge is 2.38. The van der Waals surface area contributed by atoms with Crippen molar-refractivity contribution in [1.82, 2.24) is 9.21 Å². The Bertz CT molecular complexity index is 325. The lowest BCUT2D eigenvalue weighted by Gasteiger charge is -2.47. The van der Waals surface area contributed by atoms with E-state index < -0.39 is 0 Å². The van der Waals surface area contributed by atoms with Crippen LogP contribution in [0.2, 0.25) is 0 Å². The topological polar surface area (TPSA) is 23.6 Å². The SMILES string of the molecule is CC(C)SN1CCC2(CC1)CCN(C(=O)C(C)C)CC2. The summed E-state index contributed by atoms with van der Waals surface area (Å²) in [5.41, 5.74) is 0.530. The predicted octanol–water partition coefficient (Wildman–Crippen LogP) is 3.40. The Hall–Kier alpha value is -0.220. The standard InChI is InChI=1S/C16H30N2OS/c1-13(2)15(19)17-9-5-16(6-10-17)7-11-18(12-8-16)20-14(3)4/h13-14H,5-12H2,1-4H3. The largest absolute Gasteiger partial charge is 0.342 e. The molecular formula is C16H30N2OS. The average molecular weight is 298 g/mol. The molecule has 1 amide bonds. The average Bonchev–Trinajstić information content (AvgIpc) is 2.41. The van der Waals surface area contributed by atoms with Gasteiger partial charge in [0, 0.05) is 37.3 Å². The summed E-state index contributed by atoms with van der Waals surface area (Å²) in [5.74, 6) is 0.487. The Kier molecular flexibility index (Phi) is 5.41. The maximum Gasteiger partial charge on any atom is 0.225 e. The third-order valence-electron chi connectivity index (χ3n) is 4.77. The molecule has 1 spiro atoms. The van der Waals surface area contributed by atoms with Crippen LogP contribution < -0.4 is 0 Å². The number of nitrogens with zero attached hydrogens (tertiary/aromatic N) is 2. The summed E-state index contributed by atoms with van der Waals surface area (Å²) >= 11 is 2.00. The second-order valence-corrected chi connectivity index (χ2v) is 8.73. The van der Waals surface area contributed by atoms with Crippen molar-refractivity contribution in [1.29, 1.82) is 0 Å². The van der Waals surface area contributed by atoms with Crippen LogP contribution in [0.15, 0.2) is 0 Å². The van der Waals surface area contributed by atoms with E-state index in [9.17, 15) is 4.79 Å². The zero-order valence-electron chi connectivity index (χ0n) is 13.5. The molecular weight excluding hydrogens is 268 g/mol. The molecule has 116 valence electrons. The minimum Gasteiger partial charge on any atom is -0.342 e. The van der Waals surface area contributed by atoms with Crippen LogP contribution in [0, 0.1) is 11.3 Å². The molecule has 2 saturated heterocycles. The van der Waals surface area contributed by atoms with E-state index in [1.165, 1.54) is 38.8 Å².